The standard InChI is InChI=1S/C11H9NO/c1-4-9-12-10-7(2)5-6-8(3)11(10)13-9/h1,5-6H,2-3H3. The molecule has 0 atom stereocenters. The molecule has 0 fully saturated rings. The van der Waals surface area contributed by atoms with Gasteiger partial charge in [-0.3, -0.25) is 0 Å². The lowest BCUT2D eigenvalue weighted by atomic mass is 10.1. The molecule has 0 bridgehead atoms. The maximum atomic E-state index is 5.38. The summed E-state index contributed by atoms with van der Waals surface area (Å²) in [4.78, 5) is 4.19. The molecule has 0 unspecified atom stereocenters. The number of oxazole rings is 1. The maximum absolute atomic E-state index is 5.38. The van der Waals surface area contributed by atoms with Gasteiger partial charge in [-0.1, -0.05) is 12.1 Å². The van der Waals surface area contributed by atoms with Crippen LogP contribution in [-0.4, -0.2) is 4.98 Å². The number of fused-ring (bicyclic) bond motifs is 1. The highest BCUT2D eigenvalue weighted by atomic mass is 16.3. The summed E-state index contributed by atoms with van der Waals surface area (Å²) < 4.78 is 5.38. The fourth-order valence-corrected chi connectivity index (χ4v) is 1.32. The minimum absolute atomic E-state index is 0.354. The Kier molecular flexibility index (Phi) is 1.60. The van der Waals surface area contributed by atoms with Gasteiger partial charge in [-0.05, 0) is 30.9 Å². The van der Waals surface area contributed by atoms with Crippen LogP contribution in [0.25, 0.3) is 11.1 Å². The molecule has 0 aliphatic carbocycles. The molecule has 2 nitrogen and oxygen atoms in total. The molecule has 0 saturated carbocycles. The fourth-order valence-electron chi connectivity index (χ4n) is 1.32. The number of nitrogens with zero attached hydrogens (tertiary/aromatic N) is 1. The summed E-state index contributed by atoms with van der Waals surface area (Å²) >= 11 is 0. The van der Waals surface area contributed by atoms with E-state index in [-0.39, 0.29) is 0 Å². The lowest BCUT2D eigenvalue weighted by molar-refractivity contribution is 0.584. The van der Waals surface area contributed by atoms with Crippen LogP contribution in [-0.2, 0) is 0 Å². The first-order valence-electron chi connectivity index (χ1n) is 4.05. The van der Waals surface area contributed by atoms with Gasteiger partial charge in [0.2, 0.25) is 0 Å². The zero-order valence-corrected chi connectivity index (χ0v) is 7.59. The summed E-state index contributed by atoms with van der Waals surface area (Å²) in [6.07, 6.45) is 5.21. The largest absolute Gasteiger partial charge is 0.430 e. The molecule has 1 heterocycles. The van der Waals surface area contributed by atoms with Gasteiger partial charge in [0.05, 0.1) is 0 Å². The van der Waals surface area contributed by atoms with Crippen LogP contribution >= 0.6 is 0 Å². The van der Waals surface area contributed by atoms with Crippen molar-refractivity contribution in [2.24, 2.45) is 0 Å². The second-order valence-electron chi connectivity index (χ2n) is 3.04. The summed E-state index contributed by atoms with van der Waals surface area (Å²) in [5.74, 6) is 2.75. The number of aryl methyl sites for hydroxylation is 2. The lowest BCUT2D eigenvalue weighted by Gasteiger charge is -1.94. The molecule has 2 rings (SSSR count). The average molecular weight is 171 g/mol. The van der Waals surface area contributed by atoms with E-state index in [2.05, 4.69) is 10.9 Å². The van der Waals surface area contributed by atoms with Crippen LogP contribution in [0.3, 0.4) is 0 Å². The summed E-state index contributed by atoms with van der Waals surface area (Å²) in [5, 5.41) is 0. The lowest BCUT2D eigenvalue weighted by Crippen LogP contribution is -1.79. The number of aromatic nitrogens is 1. The minimum atomic E-state index is 0.354. The number of hydrogen-bond donors (Lipinski definition) is 0. The van der Waals surface area contributed by atoms with Crippen molar-refractivity contribution in [3.05, 3.63) is 29.2 Å². The Morgan fingerprint density at radius 2 is 2.00 bits per heavy atom. The summed E-state index contributed by atoms with van der Waals surface area (Å²) in [7, 11) is 0. The van der Waals surface area contributed by atoms with Crippen LogP contribution in [0.4, 0.5) is 0 Å². The fraction of sp³-hybridized carbons (Fsp3) is 0.182. The Hall–Kier alpha value is -1.75. The molecule has 1 aromatic carbocycles. The van der Waals surface area contributed by atoms with Crippen LogP contribution in [0.5, 0.6) is 0 Å². The first-order valence-corrected chi connectivity index (χ1v) is 4.05. The predicted molar refractivity (Wildman–Crippen MR) is 51.4 cm³/mol. The average Bonchev–Trinajstić information content (AvgIpc) is 2.56. The topological polar surface area (TPSA) is 26.0 Å². The van der Waals surface area contributed by atoms with Crippen LogP contribution in [0, 0.1) is 26.2 Å². The minimum Gasteiger partial charge on any atom is -0.430 e. The zero-order chi connectivity index (χ0) is 9.42. The van der Waals surface area contributed by atoms with E-state index in [9.17, 15) is 0 Å². The maximum Gasteiger partial charge on any atom is 0.274 e. The normalized spacial score (nSPS) is 10.2. The van der Waals surface area contributed by atoms with E-state index >= 15 is 0 Å². The Balaban J connectivity index is 2.90. The van der Waals surface area contributed by atoms with Crippen LogP contribution in [0.2, 0.25) is 0 Å². The first-order chi connectivity index (χ1) is 6.22. The third kappa shape index (κ3) is 1.09. The molecule has 0 saturated heterocycles. The van der Waals surface area contributed by atoms with Crippen molar-refractivity contribution in [3.8, 4) is 12.3 Å². The van der Waals surface area contributed by atoms with Gasteiger partial charge in [0, 0.05) is 0 Å². The molecule has 0 N–H and O–H groups in total. The van der Waals surface area contributed by atoms with Gasteiger partial charge < -0.3 is 4.42 Å². The molecule has 1 aromatic heterocycles. The van der Waals surface area contributed by atoms with Crippen molar-refractivity contribution < 1.29 is 4.42 Å². The number of terminal acetylenes is 1. The number of hydrogen-bond acceptors (Lipinski definition) is 2. The molecule has 2 aromatic rings. The highest BCUT2D eigenvalue weighted by molar-refractivity contribution is 5.79. The number of benzene rings is 1. The molecule has 0 amide bonds. The molecule has 13 heavy (non-hydrogen) atoms. The van der Waals surface area contributed by atoms with E-state index in [0.29, 0.717) is 5.89 Å². The van der Waals surface area contributed by atoms with Crippen molar-refractivity contribution in [2.45, 2.75) is 13.8 Å². The SMILES string of the molecule is C#Cc1nc2c(C)ccc(C)c2o1. The monoisotopic (exact) mass is 171 g/mol. The molecule has 64 valence electrons. The molecular weight excluding hydrogens is 162 g/mol. The van der Waals surface area contributed by atoms with Crippen LogP contribution in [0.15, 0.2) is 16.5 Å². The third-order valence-electron chi connectivity index (χ3n) is 2.07. The van der Waals surface area contributed by atoms with E-state index in [1.54, 1.807) is 0 Å². The van der Waals surface area contributed by atoms with Gasteiger partial charge in [-0.15, -0.1) is 6.42 Å². The Bertz CT molecular complexity index is 464. The summed E-state index contributed by atoms with van der Waals surface area (Å²) in [5.41, 5.74) is 3.82. The molecule has 0 radical (unpaired) electrons. The van der Waals surface area contributed by atoms with Gasteiger partial charge in [-0.2, -0.15) is 0 Å². The quantitative estimate of drug-likeness (QED) is 0.569. The zero-order valence-electron chi connectivity index (χ0n) is 7.59. The summed E-state index contributed by atoms with van der Waals surface area (Å²) in [6, 6.07) is 4.02. The highest BCUT2D eigenvalue weighted by Crippen LogP contribution is 2.22. The van der Waals surface area contributed by atoms with Crippen molar-refractivity contribution in [3.63, 3.8) is 0 Å². The van der Waals surface area contributed by atoms with Crippen molar-refractivity contribution >= 4 is 11.1 Å². The smallest absolute Gasteiger partial charge is 0.274 e. The molecular formula is C11H9NO. The molecule has 0 aliphatic heterocycles. The van der Waals surface area contributed by atoms with Gasteiger partial charge in [0.15, 0.2) is 5.58 Å². The van der Waals surface area contributed by atoms with Gasteiger partial charge in [0.25, 0.3) is 5.89 Å². The molecule has 0 spiro atoms. The van der Waals surface area contributed by atoms with Crippen LogP contribution in [0.1, 0.15) is 17.0 Å². The van der Waals surface area contributed by atoms with Gasteiger partial charge in [-0.25, -0.2) is 4.98 Å². The Morgan fingerprint density at radius 1 is 1.31 bits per heavy atom. The van der Waals surface area contributed by atoms with Crippen molar-refractivity contribution in [1.82, 2.24) is 4.98 Å². The first kappa shape index (κ1) is 7.88. The van der Waals surface area contributed by atoms with Crippen LogP contribution < -0.4 is 0 Å². The Labute approximate surface area is 76.6 Å². The summed E-state index contributed by atoms with van der Waals surface area (Å²) in [6.45, 7) is 3.97. The molecule has 2 heteroatoms. The second-order valence-corrected chi connectivity index (χ2v) is 3.04. The van der Waals surface area contributed by atoms with E-state index in [1.807, 2.05) is 26.0 Å². The van der Waals surface area contributed by atoms with Crippen molar-refractivity contribution in [1.29, 1.82) is 0 Å². The third-order valence-corrected chi connectivity index (χ3v) is 2.07. The van der Waals surface area contributed by atoms with E-state index in [1.165, 1.54) is 0 Å². The number of rotatable bonds is 0. The van der Waals surface area contributed by atoms with Crippen molar-refractivity contribution in [2.75, 3.05) is 0 Å². The predicted octanol–water partition coefficient (Wildman–Crippen LogP) is 2.43. The van der Waals surface area contributed by atoms with Gasteiger partial charge >= 0.3 is 0 Å². The van der Waals surface area contributed by atoms with Gasteiger partial charge in [0.1, 0.15) is 5.52 Å². The Morgan fingerprint density at radius 3 is 2.62 bits per heavy atom. The van der Waals surface area contributed by atoms with E-state index < -0.39 is 0 Å². The highest BCUT2D eigenvalue weighted by Gasteiger charge is 2.07. The van der Waals surface area contributed by atoms with E-state index in [4.69, 9.17) is 10.8 Å². The molecule has 0 aliphatic rings. The second kappa shape index (κ2) is 2.63. The van der Waals surface area contributed by atoms with E-state index in [0.717, 1.165) is 22.2 Å².